The first-order valence-electron chi connectivity index (χ1n) is 9.72. The summed E-state index contributed by atoms with van der Waals surface area (Å²) in [4.78, 5) is 14.3. The van der Waals surface area contributed by atoms with Gasteiger partial charge in [-0.3, -0.25) is 0 Å². The monoisotopic (exact) mass is 418 g/mol. The van der Waals surface area contributed by atoms with Crippen molar-refractivity contribution < 1.29 is 0 Å². The van der Waals surface area contributed by atoms with Crippen molar-refractivity contribution in [2.75, 3.05) is 0 Å². The Kier molecular flexibility index (Phi) is 4.87. The Morgan fingerprint density at radius 1 is 0.581 bits per heavy atom. The largest absolute Gasteiger partial charge is 0.208 e. The molecule has 0 aliphatic carbocycles. The molecule has 5 heteroatoms. The van der Waals surface area contributed by atoms with Crippen LogP contribution in [0.3, 0.4) is 0 Å². The van der Waals surface area contributed by atoms with E-state index in [9.17, 15) is 0 Å². The van der Waals surface area contributed by atoms with E-state index in [0.717, 1.165) is 27.5 Å². The number of hydrogen-bond donors (Lipinski definition) is 0. The highest BCUT2D eigenvalue weighted by Crippen LogP contribution is 2.33. The van der Waals surface area contributed by atoms with Crippen LogP contribution in [-0.2, 0) is 0 Å². The summed E-state index contributed by atoms with van der Waals surface area (Å²) in [5, 5.41) is 11.7. The zero-order valence-electron chi connectivity index (χ0n) is 16.3. The zero-order chi connectivity index (χ0) is 21.2. The lowest BCUT2D eigenvalue weighted by molar-refractivity contribution is 1.08. The first-order valence-corrected chi connectivity index (χ1v) is 10.1. The van der Waals surface area contributed by atoms with Crippen molar-refractivity contribution in [3.05, 3.63) is 102 Å². The molecule has 0 aliphatic heterocycles. The molecule has 0 radical (unpaired) electrons. The van der Waals surface area contributed by atoms with Crippen LogP contribution in [0.15, 0.2) is 91.0 Å². The quantitative estimate of drug-likeness (QED) is 0.333. The van der Waals surface area contributed by atoms with Gasteiger partial charge >= 0.3 is 0 Å². The third-order valence-corrected chi connectivity index (χ3v) is 5.38. The van der Waals surface area contributed by atoms with Crippen LogP contribution in [0.25, 0.3) is 44.9 Å². The minimum absolute atomic E-state index is 0.548. The molecule has 4 nitrogen and oxygen atoms in total. The molecule has 0 N–H and O–H groups in total. The van der Waals surface area contributed by atoms with Crippen molar-refractivity contribution in [3.63, 3.8) is 0 Å². The van der Waals surface area contributed by atoms with E-state index in [-0.39, 0.29) is 0 Å². The van der Waals surface area contributed by atoms with Gasteiger partial charge in [0.25, 0.3) is 0 Å². The molecule has 0 saturated heterocycles. The number of fused-ring (bicyclic) bond motifs is 1. The number of hydrogen-bond acceptors (Lipinski definition) is 4. The maximum Gasteiger partial charge on any atom is 0.164 e. The summed E-state index contributed by atoms with van der Waals surface area (Å²) in [6.07, 6.45) is 0. The first-order chi connectivity index (χ1) is 15.2. The second-order valence-electron chi connectivity index (χ2n) is 7.00. The number of nitrogens with zero attached hydrogens (tertiary/aromatic N) is 4. The molecule has 0 aliphatic rings. The lowest BCUT2D eigenvalue weighted by Gasteiger charge is -2.11. The number of rotatable bonds is 3. The Balaban J connectivity index is 1.76. The van der Waals surface area contributed by atoms with Crippen LogP contribution in [-0.4, -0.2) is 15.0 Å². The van der Waals surface area contributed by atoms with Crippen LogP contribution in [0, 0.1) is 11.3 Å². The van der Waals surface area contributed by atoms with Gasteiger partial charge in [0.05, 0.1) is 11.6 Å². The molecular weight excluding hydrogens is 404 g/mol. The van der Waals surface area contributed by atoms with Gasteiger partial charge in [-0.15, -0.1) is 0 Å². The second kappa shape index (κ2) is 7.98. The van der Waals surface area contributed by atoms with Gasteiger partial charge in [-0.1, -0.05) is 66.2 Å². The fraction of sp³-hybridized carbons (Fsp3) is 0. The smallest absolute Gasteiger partial charge is 0.164 e. The SMILES string of the molecule is N#Cc1ccc(-c2nc(-c3ccccc3)nc(-c3ccc(Cl)c4ccccc34)n2)cc1. The average Bonchev–Trinajstić information content (AvgIpc) is 2.85. The maximum atomic E-state index is 9.11. The number of benzene rings is 4. The van der Waals surface area contributed by atoms with Gasteiger partial charge in [0.2, 0.25) is 0 Å². The highest BCUT2D eigenvalue weighted by molar-refractivity contribution is 6.36. The molecule has 4 aromatic carbocycles. The molecule has 31 heavy (non-hydrogen) atoms. The van der Waals surface area contributed by atoms with Crippen molar-refractivity contribution in [3.8, 4) is 40.2 Å². The highest BCUT2D eigenvalue weighted by Gasteiger charge is 2.15. The van der Waals surface area contributed by atoms with Gasteiger partial charge in [0.15, 0.2) is 17.5 Å². The lowest BCUT2D eigenvalue weighted by Crippen LogP contribution is -2.00. The summed E-state index contributed by atoms with van der Waals surface area (Å²) in [6, 6.07) is 30.9. The van der Waals surface area contributed by atoms with E-state index in [2.05, 4.69) is 6.07 Å². The normalized spacial score (nSPS) is 10.7. The van der Waals surface area contributed by atoms with Gasteiger partial charge in [-0.25, -0.2) is 15.0 Å². The summed E-state index contributed by atoms with van der Waals surface area (Å²) >= 11 is 6.42. The molecule has 0 fully saturated rings. The van der Waals surface area contributed by atoms with Gasteiger partial charge in [0, 0.05) is 27.1 Å². The number of halogens is 1. The van der Waals surface area contributed by atoms with Crippen LogP contribution in [0.4, 0.5) is 0 Å². The van der Waals surface area contributed by atoms with Crippen molar-refractivity contribution in [1.29, 1.82) is 5.26 Å². The minimum Gasteiger partial charge on any atom is -0.208 e. The molecule has 0 bridgehead atoms. The van der Waals surface area contributed by atoms with E-state index in [1.807, 2.05) is 78.9 Å². The molecule has 0 atom stereocenters. The van der Waals surface area contributed by atoms with Crippen LogP contribution in [0.1, 0.15) is 5.56 Å². The molecule has 1 heterocycles. The van der Waals surface area contributed by atoms with E-state index >= 15 is 0 Å². The number of aromatic nitrogens is 3. The first kappa shape index (κ1) is 18.9. The molecule has 0 spiro atoms. The third kappa shape index (κ3) is 3.63. The summed E-state index contributed by atoms with van der Waals surface area (Å²) < 4.78 is 0. The van der Waals surface area contributed by atoms with Gasteiger partial charge in [0.1, 0.15) is 0 Å². The van der Waals surface area contributed by atoms with Crippen molar-refractivity contribution >= 4 is 22.4 Å². The maximum absolute atomic E-state index is 9.11. The molecule has 0 unspecified atom stereocenters. The Hall–Kier alpha value is -4.07. The Morgan fingerprint density at radius 3 is 1.84 bits per heavy atom. The van der Waals surface area contributed by atoms with Gasteiger partial charge in [-0.2, -0.15) is 5.26 Å². The predicted octanol–water partition coefficient (Wildman–Crippen LogP) is 6.55. The minimum atomic E-state index is 0.548. The van der Waals surface area contributed by atoms with E-state index in [1.54, 1.807) is 12.1 Å². The lowest BCUT2D eigenvalue weighted by atomic mass is 10.0. The van der Waals surface area contributed by atoms with E-state index in [0.29, 0.717) is 28.1 Å². The van der Waals surface area contributed by atoms with Crippen LogP contribution in [0.5, 0.6) is 0 Å². The summed E-state index contributed by atoms with van der Waals surface area (Å²) in [5.74, 6) is 1.71. The molecule has 0 saturated carbocycles. The average molecular weight is 419 g/mol. The number of nitriles is 1. The van der Waals surface area contributed by atoms with E-state index in [4.69, 9.17) is 31.8 Å². The zero-order valence-corrected chi connectivity index (χ0v) is 17.1. The van der Waals surface area contributed by atoms with Crippen molar-refractivity contribution in [2.24, 2.45) is 0 Å². The van der Waals surface area contributed by atoms with E-state index in [1.165, 1.54) is 0 Å². The van der Waals surface area contributed by atoms with Crippen LogP contribution >= 0.6 is 11.6 Å². The Bertz CT molecular complexity index is 1440. The third-order valence-electron chi connectivity index (χ3n) is 5.05. The Labute approximate surface area is 184 Å². The summed E-state index contributed by atoms with van der Waals surface area (Å²) in [5.41, 5.74) is 3.19. The van der Waals surface area contributed by atoms with Crippen molar-refractivity contribution in [1.82, 2.24) is 15.0 Å². The molecule has 0 amide bonds. The van der Waals surface area contributed by atoms with Gasteiger partial charge in [-0.05, 0) is 41.8 Å². The fourth-order valence-corrected chi connectivity index (χ4v) is 3.72. The van der Waals surface area contributed by atoms with Gasteiger partial charge < -0.3 is 0 Å². The topological polar surface area (TPSA) is 62.5 Å². The standard InChI is InChI=1S/C26H15ClN4/c27-23-15-14-22(20-8-4-5-9-21(20)23)26-30-24(18-6-2-1-3-7-18)29-25(31-26)19-12-10-17(16-28)11-13-19/h1-15H. The molecule has 5 rings (SSSR count). The molecular formula is C26H15ClN4. The molecule has 146 valence electrons. The predicted molar refractivity (Wildman–Crippen MR) is 123 cm³/mol. The highest BCUT2D eigenvalue weighted by atomic mass is 35.5. The fourth-order valence-electron chi connectivity index (χ4n) is 3.49. The van der Waals surface area contributed by atoms with Crippen molar-refractivity contribution in [2.45, 2.75) is 0 Å². The van der Waals surface area contributed by atoms with E-state index < -0.39 is 0 Å². The van der Waals surface area contributed by atoms with Crippen LogP contribution < -0.4 is 0 Å². The summed E-state index contributed by atoms with van der Waals surface area (Å²) in [6.45, 7) is 0. The molecule has 5 aromatic rings. The van der Waals surface area contributed by atoms with Crippen LogP contribution in [0.2, 0.25) is 5.02 Å². The molecule has 1 aromatic heterocycles. The Morgan fingerprint density at radius 2 is 1.16 bits per heavy atom. The summed E-state index contributed by atoms with van der Waals surface area (Å²) in [7, 11) is 0. The second-order valence-corrected chi connectivity index (χ2v) is 7.41.